The minimum absolute atomic E-state index is 0.235. The summed E-state index contributed by atoms with van der Waals surface area (Å²) in [4.78, 5) is 12.3. The molecule has 0 atom stereocenters. The van der Waals surface area contributed by atoms with Crippen LogP contribution in [0, 0.1) is 11.3 Å². The van der Waals surface area contributed by atoms with Crippen LogP contribution in [0.25, 0.3) is 22.3 Å². The predicted molar refractivity (Wildman–Crippen MR) is 200 cm³/mol. The average Bonchev–Trinajstić information content (AvgIpc) is 3.16. The molecule has 0 aromatic heterocycles. The molecule has 0 saturated heterocycles. The van der Waals surface area contributed by atoms with Crippen LogP contribution in [0.15, 0.2) is 127 Å². The maximum Gasteiger partial charge on any atom is 0.338 e. The van der Waals surface area contributed by atoms with Crippen molar-refractivity contribution in [3.05, 3.63) is 139 Å². The first-order valence-electron chi connectivity index (χ1n) is 17.6. The Kier molecular flexibility index (Phi) is 16.0. The van der Waals surface area contributed by atoms with Crippen LogP contribution in [0.5, 0.6) is 17.2 Å². The van der Waals surface area contributed by atoms with E-state index in [1.165, 1.54) is 44.9 Å². The lowest BCUT2D eigenvalue weighted by Gasteiger charge is -2.08. The van der Waals surface area contributed by atoms with Crippen molar-refractivity contribution in [1.82, 2.24) is 0 Å². The minimum Gasteiger partial charge on any atom is -0.508 e. The van der Waals surface area contributed by atoms with E-state index in [0.29, 0.717) is 23.5 Å². The number of carbonyl (C=O) groups is 1. The maximum absolute atomic E-state index is 12.3. The molecule has 6 heteroatoms. The molecule has 0 aliphatic rings. The van der Waals surface area contributed by atoms with E-state index in [1.54, 1.807) is 48.5 Å². The Labute approximate surface area is 296 Å². The number of hydrogen-bond donors (Lipinski definition) is 2. The summed E-state index contributed by atoms with van der Waals surface area (Å²) in [6.07, 6.45) is 11.7. The Morgan fingerprint density at radius 3 is 1.40 bits per heavy atom. The molecule has 0 radical (unpaired) electrons. The molecule has 0 amide bonds. The second-order valence-corrected chi connectivity index (χ2v) is 12.2. The highest BCUT2D eigenvalue weighted by atomic mass is 16.5. The Morgan fingerprint density at radius 1 is 0.500 bits per heavy atom. The molecule has 5 aromatic rings. The topological polar surface area (TPSA) is 99.8 Å². The van der Waals surface area contributed by atoms with Gasteiger partial charge in [-0.1, -0.05) is 118 Å². The van der Waals surface area contributed by atoms with Crippen LogP contribution in [-0.4, -0.2) is 29.4 Å². The Hall–Kier alpha value is -5.54. The number of phenolic OH excluding ortho intramolecular Hbond substituents is 2. The predicted octanol–water partition coefficient (Wildman–Crippen LogP) is 11.1. The van der Waals surface area contributed by atoms with Crippen LogP contribution < -0.4 is 4.74 Å². The quantitative estimate of drug-likeness (QED) is 0.0755. The van der Waals surface area contributed by atoms with E-state index in [1.807, 2.05) is 66.7 Å². The van der Waals surface area contributed by atoms with Crippen LogP contribution in [-0.2, 0) is 4.74 Å². The second-order valence-electron chi connectivity index (χ2n) is 12.2. The van der Waals surface area contributed by atoms with E-state index in [-0.39, 0.29) is 11.7 Å². The molecular formula is C44H47NO5. The lowest BCUT2D eigenvalue weighted by atomic mass is 10.0. The van der Waals surface area contributed by atoms with E-state index >= 15 is 0 Å². The van der Waals surface area contributed by atoms with Crippen molar-refractivity contribution in [2.75, 3.05) is 13.2 Å². The zero-order chi connectivity index (χ0) is 35.2. The Morgan fingerprint density at radius 2 is 0.920 bits per heavy atom. The van der Waals surface area contributed by atoms with Crippen LogP contribution >= 0.6 is 0 Å². The number of para-hydroxylation sites is 1. The summed E-state index contributed by atoms with van der Waals surface area (Å²) < 4.78 is 11.4. The van der Waals surface area contributed by atoms with Gasteiger partial charge in [-0.3, -0.25) is 0 Å². The molecule has 50 heavy (non-hydrogen) atoms. The van der Waals surface area contributed by atoms with Crippen molar-refractivity contribution in [2.24, 2.45) is 0 Å². The summed E-state index contributed by atoms with van der Waals surface area (Å²) in [5.41, 5.74) is 5.42. The van der Waals surface area contributed by atoms with Gasteiger partial charge in [-0.25, -0.2) is 4.79 Å². The molecule has 5 rings (SSSR count). The van der Waals surface area contributed by atoms with Gasteiger partial charge >= 0.3 is 5.97 Å². The van der Waals surface area contributed by atoms with Gasteiger partial charge in [0.15, 0.2) is 0 Å². The number of hydrogen-bond acceptors (Lipinski definition) is 6. The number of ether oxygens (including phenoxy) is 2. The number of carbonyl (C=O) groups excluding carboxylic acids is 1. The first-order valence-corrected chi connectivity index (χ1v) is 17.6. The molecule has 0 heterocycles. The first kappa shape index (κ1) is 37.3. The van der Waals surface area contributed by atoms with Gasteiger partial charge < -0.3 is 19.7 Å². The monoisotopic (exact) mass is 669 g/mol. The number of unbranched alkanes of at least 4 members (excludes halogenated alkanes) is 9. The summed E-state index contributed by atoms with van der Waals surface area (Å²) >= 11 is 0. The molecule has 258 valence electrons. The summed E-state index contributed by atoms with van der Waals surface area (Å²) in [7, 11) is 0. The number of phenols is 2. The highest BCUT2D eigenvalue weighted by Crippen LogP contribution is 2.24. The van der Waals surface area contributed by atoms with Gasteiger partial charge in [-0.05, 0) is 95.8 Å². The van der Waals surface area contributed by atoms with Crippen molar-refractivity contribution in [3.63, 3.8) is 0 Å². The number of nitrogens with zero attached hydrogens (tertiary/aromatic N) is 1. The molecule has 0 spiro atoms. The van der Waals surface area contributed by atoms with Crippen molar-refractivity contribution in [1.29, 1.82) is 5.26 Å². The molecule has 0 unspecified atom stereocenters. The minimum atomic E-state index is -0.278. The summed E-state index contributed by atoms with van der Waals surface area (Å²) in [5.74, 6) is 1.18. The van der Waals surface area contributed by atoms with Crippen molar-refractivity contribution < 1.29 is 24.5 Å². The van der Waals surface area contributed by atoms with Gasteiger partial charge in [0.25, 0.3) is 0 Å². The fourth-order valence-electron chi connectivity index (χ4n) is 5.42. The zero-order valence-electron chi connectivity index (χ0n) is 28.7. The molecule has 6 nitrogen and oxygen atoms in total. The molecule has 2 N–H and O–H groups in total. The van der Waals surface area contributed by atoms with E-state index in [2.05, 4.69) is 18.2 Å². The van der Waals surface area contributed by atoms with Gasteiger partial charge in [-0.2, -0.15) is 5.26 Å². The van der Waals surface area contributed by atoms with Gasteiger partial charge in [0.2, 0.25) is 0 Å². The third kappa shape index (κ3) is 13.5. The third-order valence-corrected chi connectivity index (χ3v) is 8.32. The van der Waals surface area contributed by atoms with Gasteiger partial charge in [0.1, 0.15) is 17.2 Å². The standard InChI is InChI=1S/C38H41NO4.C6H6O/c39-29-30-11-13-31(14-12-30)34-21-25-37(26-22-34)42-27-9-7-5-3-1-2-4-6-8-10-28-43-38(41)35-17-15-32(16-18-35)33-19-23-36(40)24-20-33;7-6-4-2-1-3-5-6/h11-26,40H,1-10,27-28H2;1-5,7H. The van der Waals surface area contributed by atoms with E-state index in [0.717, 1.165) is 53.9 Å². The van der Waals surface area contributed by atoms with Gasteiger partial charge in [-0.15, -0.1) is 0 Å². The molecule has 0 fully saturated rings. The van der Waals surface area contributed by atoms with Gasteiger partial charge in [0, 0.05) is 0 Å². The molecule has 0 aliphatic carbocycles. The first-order chi connectivity index (χ1) is 24.5. The summed E-state index contributed by atoms with van der Waals surface area (Å²) in [6.45, 7) is 1.20. The Balaban J connectivity index is 0.000000714. The van der Waals surface area contributed by atoms with E-state index in [9.17, 15) is 9.90 Å². The van der Waals surface area contributed by atoms with Crippen LogP contribution in [0.4, 0.5) is 0 Å². The second kappa shape index (κ2) is 21.4. The van der Waals surface area contributed by atoms with Crippen molar-refractivity contribution >= 4 is 5.97 Å². The molecular weight excluding hydrogens is 622 g/mol. The number of rotatable bonds is 17. The number of aromatic hydroxyl groups is 2. The highest BCUT2D eigenvalue weighted by molar-refractivity contribution is 5.90. The van der Waals surface area contributed by atoms with E-state index < -0.39 is 0 Å². The molecule has 0 bridgehead atoms. The maximum atomic E-state index is 12.3. The van der Waals surface area contributed by atoms with Crippen molar-refractivity contribution in [2.45, 2.75) is 64.2 Å². The van der Waals surface area contributed by atoms with Crippen LogP contribution in [0.2, 0.25) is 0 Å². The smallest absolute Gasteiger partial charge is 0.338 e. The molecule has 0 saturated carbocycles. The van der Waals surface area contributed by atoms with Crippen LogP contribution in [0.3, 0.4) is 0 Å². The molecule has 5 aromatic carbocycles. The summed E-state index contributed by atoms with van der Waals surface area (Å²) in [6, 6.07) is 41.0. The third-order valence-electron chi connectivity index (χ3n) is 8.32. The van der Waals surface area contributed by atoms with Crippen LogP contribution in [0.1, 0.15) is 80.1 Å². The average molecular weight is 670 g/mol. The normalized spacial score (nSPS) is 10.4. The number of nitriles is 1. The number of benzene rings is 5. The van der Waals surface area contributed by atoms with E-state index in [4.69, 9.17) is 19.8 Å². The zero-order valence-corrected chi connectivity index (χ0v) is 28.7. The fraction of sp³-hybridized carbons (Fsp3) is 0.273. The lowest BCUT2D eigenvalue weighted by Crippen LogP contribution is -2.06. The number of esters is 1. The largest absolute Gasteiger partial charge is 0.508 e. The Bertz CT molecular complexity index is 1710. The fourth-order valence-corrected chi connectivity index (χ4v) is 5.42. The highest BCUT2D eigenvalue weighted by Gasteiger charge is 2.08. The molecule has 0 aliphatic heterocycles. The summed E-state index contributed by atoms with van der Waals surface area (Å²) in [5, 5.41) is 27.0. The SMILES string of the molecule is N#Cc1ccc(-c2ccc(OCCCCCCCCCCCCOC(=O)c3ccc(-c4ccc(O)cc4)cc3)cc2)cc1.Oc1ccccc1. The lowest BCUT2D eigenvalue weighted by molar-refractivity contribution is 0.0497. The van der Waals surface area contributed by atoms with Gasteiger partial charge in [0.05, 0.1) is 30.4 Å². The van der Waals surface area contributed by atoms with Crippen molar-refractivity contribution in [3.8, 4) is 45.6 Å².